The largest absolute Gasteiger partial charge is 0.496 e. The van der Waals surface area contributed by atoms with Crippen LogP contribution in [0.3, 0.4) is 0 Å². The Labute approximate surface area is 124 Å². The molecule has 0 saturated heterocycles. The molecule has 104 valence electrons. The van der Waals surface area contributed by atoms with Crippen LogP contribution in [0.5, 0.6) is 5.75 Å². The average molecular weight is 276 g/mol. The van der Waals surface area contributed by atoms with Gasteiger partial charge in [-0.1, -0.05) is 42.5 Å². The second-order valence-electron chi connectivity index (χ2n) is 5.03. The zero-order valence-electron chi connectivity index (χ0n) is 12.3. The van der Waals surface area contributed by atoms with E-state index in [1.54, 1.807) is 7.11 Å². The molecule has 0 bridgehead atoms. The molecule has 3 aromatic rings. The molecule has 0 amide bonds. The standard InChI is InChI=1S/C19H18NO/c1-20-13-11-15(12-14-20)7-9-18-17-6-4-3-5-16(17)8-10-19(18)21-2/h3-14H,1-2H3/q+1/b9-7+. The molecular formula is C19H18NO+. The van der Waals surface area contributed by atoms with Gasteiger partial charge in [0.2, 0.25) is 0 Å². The maximum Gasteiger partial charge on any atom is 0.169 e. The van der Waals surface area contributed by atoms with E-state index < -0.39 is 0 Å². The van der Waals surface area contributed by atoms with E-state index >= 15 is 0 Å². The predicted molar refractivity (Wildman–Crippen MR) is 87.0 cm³/mol. The van der Waals surface area contributed by atoms with Crippen molar-refractivity contribution in [2.24, 2.45) is 7.05 Å². The Kier molecular flexibility index (Phi) is 3.69. The molecule has 0 fully saturated rings. The predicted octanol–water partition coefficient (Wildman–Crippen LogP) is 3.84. The van der Waals surface area contributed by atoms with Gasteiger partial charge in [0.25, 0.3) is 0 Å². The number of hydrogen-bond acceptors (Lipinski definition) is 1. The minimum absolute atomic E-state index is 0.895. The van der Waals surface area contributed by atoms with Gasteiger partial charge >= 0.3 is 0 Å². The fraction of sp³-hybridized carbons (Fsp3) is 0.105. The van der Waals surface area contributed by atoms with Crippen LogP contribution >= 0.6 is 0 Å². The number of fused-ring (bicyclic) bond motifs is 1. The van der Waals surface area contributed by atoms with Crippen LogP contribution in [0, 0.1) is 0 Å². The summed E-state index contributed by atoms with van der Waals surface area (Å²) >= 11 is 0. The molecular weight excluding hydrogens is 258 g/mol. The Balaban J connectivity index is 2.08. The first-order valence-electron chi connectivity index (χ1n) is 6.97. The lowest BCUT2D eigenvalue weighted by Gasteiger charge is -2.08. The van der Waals surface area contributed by atoms with Crippen LogP contribution in [0.25, 0.3) is 22.9 Å². The van der Waals surface area contributed by atoms with Gasteiger partial charge in [0, 0.05) is 17.7 Å². The lowest BCUT2D eigenvalue weighted by Crippen LogP contribution is -2.25. The van der Waals surface area contributed by atoms with Crippen molar-refractivity contribution in [1.82, 2.24) is 0 Å². The quantitative estimate of drug-likeness (QED) is 0.662. The molecule has 0 aliphatic heterocycles. The van der Waals surface area contributed by atoms with Gasteiger partial charge in [-0.3, -0.25) is 0 Å². The summed E-state index contributed by atoms with van der Waals surface area (Å²) in [6, 6.07) is 16.7. The van der Waals surface area contributed by atoms with E-state index in [2.05, 4.69) is 54.6 Å². The van der Waals surface area contributed by atoms with Gasteiger partial charge in [0.05, 0.1) is 7.11 Å². The highest BCUT2D eigenvalue weighted by Crippen LogP contribution is 2.29. The van der Waals surface area contributed by atoms with Gasteiger partial charge in [-0.2, -0.15) is 0 Å². The number of rotatable bonds is 3. The number of benzene rings is 2. The SMILES string of the molecule is COc1ccc2ccccc2c1/C=C/c1cc[n+](C)cc1. The van der Waals surface area contributed by atoms with Crippen molar-refractivity contribution in [2.75, 3.05) is 7.11 Å². The number of aromatic nitrogens is 1. The van der Waals surface area contributed by atoms with Crippen LogP contribution in [-0.4, -0.2) is 7.11 Å². The third kappa shape index (κ3) is 2.79. The monoisotopic (exact) mass is 276 g/mol. The summed E-state index contributed by atoms with van der Waals surface area (Å²) in [6.07, 6.45) is 8.32. The van der Waals surface area contributed by atoms with E-state index in [9.17, 15) is 0 Å². The molecule has 0 aliphatic carbocycles. The van der Waals surface area contributed by atoms with Crippen LogP contribution in [0.15, 0.2) is 60.9 Å². The van der Waals surface area contributed by atoms with Crippen molar-refractivity contribution < 1.29 is 9.30 Å². The van der Waals surface area contributed by atoms with E-state index in [1.165, 1.54) is 16.3 Å². The lowest BCUT2D eigenvalue weighted by molar-refractivity contribution is -0.671. The summed E-state index contributed by atoms with van der Waals surface area (Å²) in [7, 11) is 3.73. The molecule has 1 heterocycles. The average Bonchev–Trinajstić information content (AvgIpc) is 2.54. The molecule has 0 spiro atoms. The van der Waals surface area contributed by atoms with Gasteiger partial charge in [-0.15, -0.1) is 0 Å². The van der Waals surface area contributed by atoms with E-state index in [4.69, 9.17) is 4.74 Å². The number of hydrogen-bond donors (Lipinski definition) is 0. The summed E-state index contributed by atoms with van der Waals surface area (Å²) < 4.78 is 7.53. The molecule has 21 heavy (non-hydrogen) atoms. The molecule has 2 nitrogen and oxygen atoms in total. The van der Waals surface area contributed by atoms with Crippen LogP contribution in [0.4, 0.5) is 0 Å². The first-order valence-corrected chi connectivity index (χ1v) is 6.97. The topological polar surface area (TPSA) is 13.1 Å². The van der Waals surface area contributed by atoms with Crippen LogP contribution in [0.2, 0.25) is 0 Å². The van der Waals surface area contributed by atoms with Gasteiger partial charge in [-0.05, 0) is 22.4 Å². The molecule has 2 heteroatoms. The van der Waals surface area contributed by atoms with Crippen molar-refractivity contribution >= 4 is 22.9 Å². The Morgan fingerprint density at radius 3 is 2.43 bits per heavy atom. The number of aryl methyl sites for hydroxylation is 1. The Morgan fingerprint density at radius 1 is 0.905 bits per heavy atom. The van der Waals surface area contributed by atoms with Crippen molar-refractivity contribution in [3.05, 3.63) is 72.1 Å². The first kappa shape index (κ1) is 13.4. The van der Waals surface area contributed by atoms with Gasteiger partial charge in [-0.25, -0.2) is 4.57 Å². The minimum atomic E-state index is 0.895. The Hall–Kier alpha value is -2.61. The molecule has 0 unspecified atom stereocenters. The minimum Gasteiger partial charge on any atom is -0.496 e. The third-order valence-electron chi connectivity index (χ3n) is 3.60. The zero-order chi connectivity index (χ0) is 14.7. The number of methoxy groups -OCH3 is 1. The van der Waals surface area contributed by atoms with Crippen molar-refractivity contribution in [2.45, 2.75) is 0 Å². The molecule has 3 rings (SSSR count). The molecule has 1 aromatic heterocycles. The maximum absolute atomic E-state index is 5.51. The van der Waals surface area contributed by atoms with Gasteiger partial charge in [0.15, 0.2) is 12.4 Å². The second-order valence-corrected chi connectivity index (χ2v) is 5.03. The highest BCUT2D eigenvalue weighted by molar-refractivity contribution is 5.95. The molecule has 2 aromatic carbocycles. The van der Waals surface area contributed by atoms with Crippen molar-refractivity contribution in [3.63, 3.8) is 0 Å². The highest BCUT2D eigenvalue weighted by Gasteiger charge is 2.05. The Morgan fingerprint density at radius 2 is 1.67 bits per heavy atom. The Bertz CT molecular complexity index is 788. The van der Waals surface area contributed by atoms with E-state index in [0.717, 1.165) is 11.3 Å². The molecule has 0 atom stereocenters. The summed E-state index contributed by atoms with van der Waals surface area (Å²) in [5.41, 5.74) is 2.28. The van der Waals surface area contributed by atoms with Crippen LogP contribution in [0.1, 0.15) is 11.1 Å². The van der Waals surface area contributed by atoms with Gasteiger partial charge in [0.1, 0.15) is 12.8 Å². The lowest BCUT2D eigenvalue weighted by atomic mass is 10.0. The molecule has 0 radical (unpaired) electrons. The molecule has 0 aliphatic rings. The van der Waals surface area contributed by atoms with Crippen molar-refractivity contribution in [1.29, 1.82) is 0 Å². The fourth-order valence-corrected chi connectivity index (χ4v) is 2.43. The first-order chi connectivity index (χ1) is 10.3. The molecule has 0 N–H and O–H groups in total. The van der Waals surface area contributed by atoms with Crippen LogP contribution in [-0.2, 0) is 7.05 Å². The number of ether oxygens (including phenoxy) is 1. The highest BCUT2D eigenvalue weighted by atomic mass is 16.5. The molecule has 0 saturated carbocycles. The van der Waals surface area contributed by atoms with E-state index in [0.29, 0.717) is 0 Å². The summed E-state index contributed by atoms with van der Waals surface area (Å²) in [5, 5.41) is 2.42. The number of nitrogens with zero attached hydrogens (tertiary/aromatic N) is 1. The summed E-state index contributed by atoms with van der Waals surface area (Å²) in [5.74, 6) is 0.895. The van der Waals surface area contributed by atoms with E-state index in [1.807, 2.05) is 30.1 Å². The smallest absolute Gasteiger partial charge is 0.169 e. The zero-order valence-corrected chi connectivity index (χ0v) is 12.3. The second kappa shape index (κ2) is 5.80. The summed E-state index contributed by atoms with van der Waals surface area (Å²) in [6.45, 7) is 0. The van der Waals surface area contributed by atoms with Gasteiger partial charge < -0.3 is 4.74 Å². The third-order valence-corrected chi connectivity index (χ3v) is 3.60. The fourth-order valence-electron chi connectivity index (χ4n) is 2.43. The maximum atomic E-state index is 5.51. The normalized spacial score (nSPS) is 11.1. The van der Waals surface area contributed by atoms with E-state index in [-0.39, 0.29) is 0 Å². The number of pyridine rings is 1. The van der Waals surface area contributed by atoms with Crippen LogP contribution < -0.4 is 9.30 Å². The van der Waals surface area contributed by atoms with Crippen molar-refractivity contribution in [3.8, 4) is 5.75 Å². The summed E-state index contributed by atoms with van der Waals surface area (Å²) in [4.78, 5) is 0.